The maximum atomic E-state index is 11.8. The fraction of sp³-hybridized carbons (Fsp3) is 0.231. The third-order valence-electron chi connectivity index (χ3n) is 2.94. The van der Waals surface area contributed by atoms with Crippen molar-refractivity contribution in [1.29, 1.82) is 0 Å². The number of nitrogens with one attached hydrogen (secondary N) is 1. The largest absolute Gasteiger partial charge is 0.478 e. The number of halogens is 1. The molecule has 0 aliphatic carbocycles. The summed E-state index contributed by atoms with van der Waals surface area (Å²) in [4.78, 5) is 46.4. The monoisotopic (exact) mass is 310 g/mol. The lowest BCUT2D eigenvalue weighted by Gasteiger charge is -2.14. The predicted molar refractivity (Wildman–Crippen MR) is 73.0 cm³/mol. The molecule has 1 heterocycles. The van der Waals surface area contributed by atoms with Gasteiger partial charge >= 0.3 is 5.97 Å². The number of aromatic carboxylic acids is 1. The van der Waals surface area contributed by atoms with Crippen LogP contribution in [0.5, 0.6) is 0 Å². The Morgan fingerprint density at radius 1 is 1.24 bits per heavy atom. The van der Waals surface area contributed by atoms with E-state index in [1.807, 2.05) is 0 Å². The Labute approximate surface area is 124 Å². The summed E-state index contributed by atoms with van der Waals surface area (Å²) in [6.45, 7) is -0.411. The van der Waals surface area contributed by atoms with Gasteiger partial charge in [-0.1, -0.05) is 11.6 Å². The molecule has 0 saturated carbocycles. The van der Waals surface area contributed by atoms with E-state index in [-0.39, 0.29) is 29.1 Å². The van der Waals surface area contributed by atoms with Crippen LogP contribution in [0.25, 0.3) is 0 Å². The standard InChI is InChI=1S/C13H11ClN2O5/c14-8-2-1-7(13(20)21)5-9(8)15-10(17)6-16-11(18)3-4-12(16)19/h1-2,5H,3-4,6H2,(H,15,17)(H,20,21). The Morgan fingerprint density at radius 3 is 2.43 bits per heavy atom. The van der Waals surface area contributed by atoms with E-state index in [0.29, 0.717) is 0 Å². The summed E-state index contributed by atoms with van der Waals surface area (Å²) in [5.41, 5.74) is 0.0729. The van der Waals surface area contributed by atoms with E-state index < -0.39 is 30.2 Å². The quantitative estimate of drug-likeness (QED) is 0.811. The molecule has 0 radical (unpaired) electrons. The SMILES string of the molecule is O=C(CN1C(=O)CCC1=O)Nc1cc(C(=O)O)ccc1Cl. The Hall–Kier alpha value is -2.41. The van der Waals surface area contributed by atoms with Crippen LogP contribution >= 0.6 is 11.6 Å². The zero-order chi connectivity index (χ0) is 15.6. The Bertz CT molecular complexity index is 627. The van der Waals surface area contributed by atoms with Crippen LogP contribution in [0, 0.1) is 0 Å². The second-order valence-electron chi connectivity index (χ2n) is 4.42. The van der Waals surface area contributed by atoms with Crippen LogP contribution in [0.2, 0.25) is 5.02 Å². The van der Waals surface area contributed by atoms with Gasteiger partial charge in [0, 0.05) is 12.8 Å². The van der Waals surface area contributed by atoms with E-state index in [1.54, 1.807) is 0 Å². The topological polar surface area (TPSA) is 104 Å². The lowest BCUT2D eigenvalue weighted by Crippen LogP contribution is -2.36. The van der Waals surface area contributed by atoms with Crippen molar-refractivity contribution in [2.75, 3.05) is 11.9 Å². The number of anilines is 1. The van der Waals surface area contributed by atoms with E-state index >= 15 is 0 Å². The molecule has 110 valence electrons. The molecule has 1 saturated heterocycles. The number of carbonyl (C=O) groups is 4. The smallest absolute Gasteiger partial charge is 0.335 e. The number of benzene rings is 1. The van der Waals surface area contributed by atoms with Crippen molar-refractivity contribution in [2.24, 2.45) is 0 Å². The number of hydrogen-bond donors (Lipinski definition) is 2. The second-order valence-corrected chi connectivity index (χ2v) is 4.83. The highest BCUT2D eigenvalue weighted by atomic mass is 35.5. The molecule has 3 amide bonds. The zero-order valence-electron chi connectivity index (χ0n) is 10.8. The molecule has 0 atom stereocenters. The van der Waals surface area contributed by atoms with Gasteiger partial charge in [-0.2, -0.15) is 0 Å². The van der Waals surface area contributed by atoms with Gasteiger partial charge in [-0.3, -0.25) is 19.3 Å². The normalized spacial score (nSPS) is 14.4. The first-order valence-electron chi connectivity index (χ1n) is 6.04. The Kier molecular flexibility index (Phi) is 4.23. The first kappa shape index (κ1) is 15.0. The van der Waals surface area contributed by atoms with Gasteiger partial charge in [-0.15, -0.1) is 0 Å². The fourth-order valence-corrected chi connectivity index (χ4v) is 2.05. The molecule has 0 bridgehead atoms. The number of imide groups is 1. The summed E-state index contributed by atoms with van der Waals surface area (Å²) in [6.07, 6.45) is 0.197. The molecule has 0 spiro atoms. The molecule has 8 heteroatoms. The highest BCUT2D eigenvalue weighted by Crippen LogP contribution is 2.23. The molecule has 1 aliphatic heterocycles. The number of likely N-dealkylation sites (tertiary alicyclic amines) is 1. The number of rotatable bonds is 4. The van der Waals surface area contributed by atoms with Gasteiger partial charge in [0.25, 0.3) is 0 Å². The summed E-state index contributed by atoms with van der Waals surface area (Å²) in [5, 5.41) is 11.4. The Morgan fingerprint density at radius 2 is 1.86 bits per heavy atom. The van der Waals surface area contributed by atoms with Crippen LogP contribution in [-0.2, 0) is 14.4 Å². The van der Waals surface area contributed by atoms with Crippen molar-refractivity contribution in [2.45, 2.75) is 12.8 Å². The van der Waals surface area contributed by atoms with Gasteiger partial charge in [0.15, 0.2) is 0 Å². The van der Waals surface area contributed by atoms with Gasteiger partial charge in [0.2, 0.25) is 17.7 Å². The molecule has 0 unspecified atom stereocenters. The number of carboxylic acid groups (broad SMARTS) is 1. The highest BCUT2D eigenvalue weighted by Gasteiger charge is 2.30. The highest BCUT2D eigenvalue weighted by molar-refractivity contribution is 6.34. The third-order valence-corrected chi connectivity index (χ3v) is 3.27. The predicted octanol–water partition coefficient (Wildman–Crippen LogP) is 1.13. The van der Waals surface area contributed by atoms with Crippen molar-refractivity contribution in [3.63, 3.8) is 0 Å². The van der Waals surface area contributed by atoms with Crippen LogP contribution in [0.4, 0.5) is 5.69 Å². The van der Waals surface area contributed by atoms with E-state index in [2.05, 4.69) is 5.32 Å². The number of amides is 3. The number of carboxylic acids is 1. The number of nitrogens with zero attached hydrogens (tertiary/aromatic N) is 1. The average Bonchev–Trinajstić information content (AvgIpc) is 2.73. The summed E-state index contributed by atoms with van der Waals surface area (Å²) in [6, 6.07) is 3.84. The molecular weight excluding hydrogens is 300 g/mol. The van der Waals surface area contributed by atoms with Crippen molar-refractivity contribution >= 4 is 41.0 Å². The molecule has 1 aliphatic rings. The van der Waals surface area contributed by atoms with E-state index in [9.17, 15) is 19.2 Å². The molecule has 0 aromatic heterocycles. The minimum absolute atomic E-state index is 0.0389. The van der Waals surface area contributed by atoms with Gasteiger partial charge in [-0.05, 0) is 18.2 Å². The second kappa shape index (κ2) is 5.92. The van der Waals surface area contributed by atoms with Crippen LogP contribution in [0.15, 0.2) is 18.2 Å². The van der Waals surface area contributed by atoms with E-state index in [1.165, 1.54) is 18.2 Å². The summed E-state index contributed by atoms with van der Waals surface area (Å²) in [7, 11) is 0. The zero-order valence-corrected chi connectivity index (χ0v) is 11.5. The molecule has 2 N–H and O–H groups in total. The maximum absolute atomic E-state index is 11.8. The first-order valence-corrected chi connectivity index (χ1v) is 6.42. The molecule has 1 fully saturated rings. The maximum Gasteiger partial charge on any atom is 0.335 e. The van der Waals surface area contributed by atoms with Crippen LogP contribution in [-0.4, -0.2) is 40.2 Å². The van der Waals surface area contributed by atoms with E-state index in [0.717, 1.165) is 4.90 Å². The molecular formula is C13H11ClN2O5. The Balaban J connectivity index is 2.09. The molecule has 21 heavy (non-hydrogen) atoms. The summed E-state index contributed by atoms with van der Waals surface area (Å²) < 4.78 is 0. The summed E-state index contributed by atoms with van der Waals surface area (Å²) in [5.74, 6) is -2.59. The van der Waals surface area contributed by atoms with E-state index in [4.69, 9.17) is 16.7 Å². The van der Waals surface area contributed by atoms with Crippen molar-refractivity contribution in [3.8, 4) is 0 Å². The number of carbonyl (C=O) groups excluding carboxylic acids is 3. The average molecular weight is 311 g/mol. The minimum Gasteiger partial charge on any atom is -0.478 e. The number of hydrogen-bond acceptors (Lipinski definition) is 4. The van der Waals surface area contributed by atoms with Crippen LogP contribution in [0.3, 0.4) is 0 Å². The minimum atomic E-state index is -1.16. The van der Waals surface area contributed by atoms with Gasteiger partial charge < -0.3 is 10.4 Å². The molecule has 1 aromatic rings. The third kappa shape index (κ3) is 3.38. The molecule has 1 aromatic carbocycles. The van der Waals surface area contributed by atoms with Crippen LogP contribution in [0.1, 0.15) is 23.2 Å². The van der Waals surface area contributed by atoms with Gasteiger partial charge in [0.05, 0.1) is 16.3 Å². The lowest BCUT2D eigenvalue weighted by atomic mass is 10.2. The first-order chi connectivity index (χ1) is 9.88. The van der Waals surface area contributed by atoms with Crippen LogP contribution < -0.4 is 5.32 Å². The van der Waals surface area contributed by atoms with Crippen molar-refractivity contribution in [3.05, 3.63) is 28.8 Å². The molecule has 2 rings (SSSR count). The van der Waals surface area contributed by atoms with Gasteiger partial charge in [-0.25, -0.2) is 4.79 Å². The molecule has 7 nitrogen and oxygen atoms in total. The summed E-state index contributed by atoms with van der Waals surface area (Å²) >= 11 is 5.86. The van der Waals surface area contributed by atoms with Crippen molar-refractivity contribution < 1.29 is 24.3 Å². The fourth-order valence-electron chi connectivity index (χ4n) is 1.89. The lowest BCUT2D eigenvalue weighted by molar-refractivity contribution is -0.141. The van der Waals surface area contributed by atoms with Crippen molar-refractivity contribution in [1.82, 2.24) is 4.90 Å². The van der Waals surface area contributed by atoms with Gasteiger partial charge in [0.1, 0.15) is 6.54 Å².